The second-order valence-corrected chi connectivity index (χ2v) is 3.21. The van der Waals surface area contributed by atoms with E-state index in [0.29, 0.717) is 0 Å². The molecule has 0 fully saturated rings. The van der Waals surface area contributed by atoms with Crippen LogP contribution in [0.25, 0.3) is 10.8 Å². The molecule has 0 saturated heterocycles. The summed E-state index contributed by atoms with van der Waals surface area (Å²) in [5, 5.41) is 10.8. The van der Waals surface area contributed by atoms with Crippen molar-refractivity contribution in [3.8, 4) is 0 Å². The zero-order valence-electron chi connectivity index (χ0n) is 8.18. The van der Waals surface area contributed by atoms with Gasteiger partial charge in [-0.05, 0) is 16.3 Å². The van der Waals surface area contributed by atoms with Crippen molar-refractivity contribution in [1.29, 1.82) is 0 Å². The Labute approximate surface area is 116 Å². The molecule has 0 aliphatic rings. The third kappa shape index (κ3) is 2.91. The van der Waals surface area contributed by atoms with Crippen LogP contribution in [0, 0.1) is 35.6 Å². The van der Waals surface area contributed by atoms with Gasteiger partial charge in [-0.1, -0.05) is 42.5 Å². The maximum Gasteiger partial charge on any atom is 0.307 e. The minimum Gasteiger partial charge on any atom is -0.481 e. The summed E-state index contributed by atoms with van der Waals surface area (Å²) >= 11 is 0. The summed E-state index contributed by atoms with van der Waals surface area (Å²) in [5.41, 5.74) is 0.871. The van der Waals surface area contributed by atoms with Crippen LogP contribution in [-0.4, -0.2) is 11.1 Å². The third-order valence-corrected chi connectivity index (χ3v) is 2.22. The molecule has 0 amide bonds. The number of hydrogen-bond donors (Lipinski definition) is 1. The molecule has 15 heavy (non-hydrogen) atoms. The number of hydrogen-bond acceptors (Lipinski definition) is 1. The van der Waals surface area contributed by atoms with Gasteiger partial charge in [-0.2, -0.15) is 0 Å². The van der Waals surface area contributed by atoms with E-state index in [9.17, 15) is 4.79 Å². The first-order valence-electron chi connectivity index (χ1n) is 4.46. The Hall–Kier alpha value is -0.635. The number of carbonyl (C=O) groups is 1. The topological polar surface area (TPSA) is 37.3 Å². The van der Waals surface area contributed by atoms with Gasteiger partial charge < -0.3 is 5.11 Å². The van der Waals surface area contributed by atoms with Crippen molar-refractivity contribution >= 4 is 16.7 Å². The molecule has 0 aliphatic carbocycles. The summed E-state index contributed by atoms with van der Waals surface area (Å²) in [7, 11) is 0. The first-order valence-corrected chi connectivity index (χ1v) is 4.46. The minimum absolute atomic E-state index is 0. The van der Waals surface area contributed by atoms with Crippen LogP contribution in [0.4, 0.5) is 0 Å². The molecule has 0 unspecified atom stereocenters. The molecule has 1 radical (unpaired) electrons. The van der Waals surface area contributed by atoms with E-state index in [1.807, 2.05) is 42.5 Å². The maximum absolute atomic E-state index is 10.6. The second-order valence-electron chi connectivity index (χ2n) is 3.21. The van der Waals surface area contributed by atoms with Gasteiger partial charge in [0.2, 0.25) is 0 Å². The van der Waals surface area contributed by atoms with E-state index < -0.39 is 5.97 Å². The Kier molecular flexibility index (Phi) is 4.52. The quantitative estimate of drug-likeness (QED) is 0.921. The van der Waals surface area contributed by atoms with E-state index >= 15 is 0 Å². The normalized spacial score (nSPS) is 9.60. The summed E-state index contributed by atoms with van der Waals surface area (Å²) < 4.78 is 0. The van der Waals surface area contributed by atoms with Crippen molar-refractivity contribution in [3.63, 3.8) is 0 Å². The number of fused-ring (bicyclic) bond motifs is 1. The van der Waals surface area contributed by atoms with Crippen LogP contribution < -0.4 is 0 Å². The molecule has 73 valence electrons. The molecule has 2 aromatic rings. The van der Waals surface area contributed by atoms with Gasteiger partial charge in [0.25, 0.3) is 0 Å². The Morgan fingerprint density at radius 3 is 2.47 bits per heavy atom. The summed E-state index contributed by atoms with van der Waals surface area (Å²) in [6.45, 7) is 0. The maximum atomic E-state index is 10.6. The van der Waals surface area contributed by atoms with Gasteiger partial charge in [0, 0.05) is 35.6 Å². The first kappa shape index (κ1) is 12.4. The molecular formula is C12H10LaO2. The average Bonchev–Trinajstić information content (AvgIpc) is 2.18. The fourth-order valence-corrected chi connectivity index (χ4v) is 1.61. The zero-order valence-corrected chi connectivity index (χ0v) is 11.8. The first-order chi connectivity index (χ1) is 6.77. The van der Waals surface area contributed by atoms with Crippen molar-refractivity contribution in [2.24, 2.45) is 0 Å². The molecule has 0 aliphatic heterocycles. The largest absolute Gasteiger partial charge is 0.481 e. The van der Waals surface area contributed by atoms with Crippen molar-refractivity contribution in [3.05, 3.63) is 48.0 Å². The fraction of sp³-hybridized carbons (Fsp3) is 0.0833. The fourth-order valence-electron chi connectivity index (χ4n) is 1.61. The van der Waals surface area contributed by atoms with Crippen LogP contribution in [0.5, 0.6) is 0 Å². The second kappa shape index (κ2) is 5.45. The van der Waals surface area contributed by atoms with E-state index in [2.05, 4.69) is 0 Å². The summed E-state index contributed by atoms with van der Waals surface area (Å²) in [5.74, 6) is -0.790. The molecule has 0 aromatic heterocycles. The molecule has 0 saturated carbocycles. The van der Waals surface area contributed by atoms with Crippen molar-refractivity contribution in [1.82, 2.24) is 0 Å². The number of aliphatic carboxylic acids is 1. The van der Waals surface area contributed by atoms with Gasteiger partial charge in [-0.15, -0.1) is 0 Å². The summed E-state index contributed by atoms with van der Waals surface area (Å²) in [6, 6.07) is 13.5. The number of benzene rings is 2. The molecule has 0 atom stereocenters. The van der Waals surface area contributed by atoms with Crippen LogP contribution in [0.15, 0.2) is 42.5 Å². The SMILES string of the molecule is O=C(O)Cc1cccc2ccccc12.[La]. The third-order valence-electron chi connectivity index (χ3n) is 2.22. The monoisotopic (exact) mass is 325 g/mol. The van der Waals surface area contributed by atoms with Crippen molar-refractivity contribution in [2.45, 2.75) is 6.42 Å². The molecular weight excluding hydrogens is 315 g/mol. The van der Waals surface area contributed by atoms with Crippen LogP contribution in [0.1, 0.15) is 5.56 Å². The van der Waals surface area contributed by atoms with E-state index in [4.69, 9.17) is 5.11 Å². The van der Waals surface area contributed by atoms with Gasteiger partial charge in [-0.3, -0.25) is 4.79 Å². The van der Waals surface area contributed by atoms with E-state index in [-0.39, 0.29) is 42.0 Å². The zero-order chi connectivity index (χ0) is 9.97. The van der Waals surface area contributed by atoms with E-state index in [1.54, 1.807) is 0 Å². The Morgan fingerprint density at radius 2 is 1.73 bits per heavy atom. The van der Waals surface area contributed by atoms with Gasteiger partial charge >= 0.3 is 5.97 Å². The van der Waals surface area contributed by atoms with Crippen LogP contribution in [0.2, 0.25) is 0 Å². The predicted molar refractivity (Wildman–Crippen MR) is 55.3 cm³/mol. The summed E-state index contributed by atoms with van der Waals surface area (Å²) in [6.07, 6.45) is 0.0847. The molecule has 2 rings (SSSR count). The van der Waals surface area contributed by atoms with Crippen molar-refractivity contribution in [2.75, 3.05) is 0 Å². The molecule has 0 spiro atoms. The van der Waals surface area contributed by atoms with Crippen LogP contribution in [0.3, 0.4) is 0 Å². The summed E-state index contributed by atoms with van der Waals surface area (Å²) in [4.78, 5) is 10.6. The van der Waals surface area contributed by atoms with Gasteiger partial charge in [0.15, 0.2) is 0 Å². The predicted octanol–water partition coefficient (Wildman–Crippen LogP) is 2.47. The van der Waals surface area contributed by atoms with Crippen LogP contribution in [-0.2, 0) is 11.2 Å². The average molecular weight is 325 g/mol. The molecule has 2 aromatic carbocycles. The van der Waals surface area contributed by atoms with Crippen LogP contribution >= 0.6 is 0 Å². The smallest absolute Gasteiger partial charge is 0.307 e. The van der Waals surface area contributed by atoms with Crippen molar-refractivity contribution < 1.29 is 45.5 Å². The van der Waals surface area contributed by atoms with E-state index in [0.717, 1.165) is 16.3 Å². The Bertz CT molecular complexity index is 475. The number of carboxylic acids is 1. The number of carboxylic acid groups (broad SMARTS) is 1. The Morgan fingerprint density at radius 1 is 1.07 bits per heavy atom. The van der Waals surface area contributed by atoms with Gasteiger partial charge in [0.05, 0.1) is 6.42 Å². The number of rotatable bonds is 2. The minimum atomic E-state index is -0.790. The molecule has 1 N–H and O–H groups in total. The molecule has 3 heteroatoms. The van der Waals surface area contributed by atoms with E-state index in [1.165, 1.54) is 0 Å². The molecule has 0 heterocycles. The molecule has 0 bridgehead atoms. The standard InChI is InChI=1S/C12H10O2.La/c13-12(14)8-10-6-3-5-9-4-1-2-7-11(9)10;/h1-7H,8H2,(H,13,14);. The van der Waals surface area contributed by atoms with Gasteiger partial charge in [-0.25, -0.2) is 0 Å². The Balaban J connectivity index is 0.00000112. The van der Waals surface area contributed by atoms with Gasteiger partial charge in [0.1, 0.15) is 0 Å². The molecule has 2 nitrogen and oxygen atoms in total.